The van der Waals surface area contributed by atoms with E-state index in [4.69, 9.17) is 0 Å². The van der Waals surface area contributed by atoms with Gasteiger partial charge in [0.15, 0.2) is 15.7 Å². The molecule has 0 bridgehead atoms. The molecule has 0 aliphatic carbocycles. The summed E-state index contributed by atoms with van der Waals surface area (Å²) in [5.41, 5.74) is 1.17. The molecule has 3 rings (SSSR count). The van der Waals surface area contributed by atoms with Crippen LogP contribution in [0.15, 0.2) is 41.8 Å². The molecule has 1 unspecified atom stereocenters. The highest BCUT2D eigenvalue weighted by atomic mass is 32.2. The summed E-state index contributed by atoms with van der Waals surface area (Å²) in [6.07, 6.45) is 2.98. The van der Waals surface area contributed by atoms with E-state index in [-0.39, 0.29) is 11.7 Å². The van der Waals surface area contributed by atoms with Gasteiger partial charge in [-0.3, -0.25) is 5.10 Å². The molecule has 0 spiro atoms. The predicted molar refractivity (Wildman–Crippen MR) is 75.8 cm³/mol. The summed E-state index contributed by atoms with van der Waals surface area (Å²) >= 11 is 0. The van der Waals surface area contributed by atoms with Gasteiger partial charge in [-0.05, 0) is 11.5 Å². The fourth-order valence-corrected chi connectivity index (χ4v) is 3.69. The molecule has 20 heavy (non-hydrogen) atoms. The minimum atomic E-state index is -3.00. The quantitative estimate of drug-likeness (QED) is 0.925. The second kappa shape index (κ2) is 5.20. The zero-order valence-corrected chi connectivity index (χ0v) is 11.7. The number of H-pyrrole nitrogens is 1. The smallest absolute Gasteiger partial charge is 0.171 e. The molecular formula is C14H15N3O2S. The van der Waals surface area contributed by atoms with Gasteiger partial charge in [0.1, 0.15) is 5.82 Å². The van der Waals surface area contributed by atoms with Crippen LogP contribution in [0.3, 0.4) is 0 Å². The van der Waals surface area contributed by atoms with Gasteiger partial charge in [-0.25, -0.2) is 13.4 Å². The average Bonchev–Trinajstić information content (AvgIpc) is 2.98. The lowest BCUT2D eigenvalue weighted by molar-refractivity contribution is 0.595. The molecule has 5 nitrogen and oxygen atoms in total. The summed E-state index contributed by atoms with van der Waals surface area (Å²) < 4.78 is 22.7. The first-order valence-electron chi connectivity index (χ1n) is 6.46. The molecule has 0 saturated carbocycles. The number of aromatic amines is 1. The second-order valence-electron chi connectivity index (χ2n) is 4.98. The monoisotopic (exact) mass is 289 g/mol. The highest BCUT2D eigenvalue weighted by Gasteiger charge is 2.23. The Bertz CT molecular complexity index is 720. The number of sulfone groups is 1. The van der Waals surface area contributed by atoms with Crippen LogP contribution in [0.4, 0.5) is 0 Å². The van der Waals surface area contributed by atoms with E-state index in [1.165, 1.54) is 11.0 Å². The van der Waals surface area contributed by atoms with Gasteiger partial charge in [0.2, 0.25) is 0 Å². The fraction of sp³-hybridized carbons (Fsp3) is 0.286. The molecule has 1 aliphatic rings. The maximum absolute atomic E-state index is 11.3. The number of benzene rings is 1. The molecule has 2 heterocycles. The van der Waals surface area contributed by atoms with E-state index in [1.807, 2.05) is 30.3 Å². The zero-order valence-electron chi connectivity index (χ0n) is 10.9. The molecule has 1 N–H and O–H groups in total. The number of aromatic nitrogens is 3. The van der Waals surface area contributed by atoms with Crippen molar-refractivity contribution in [3.05, 3.63) is 59.0 Å². The Morgan fingerprint density at radius 3 is 2.75 bits per heavy atom. The normalized spacial score (nSPS) is 20.3. The van der Waals surface area contributed by atoms with Crippen LogP contribution in [0.5, 0.6) is 0 Å². The third-order valence-corrected chi connectivity index (χ3v) is 4.71. The predicted octanol–water partition coefficient (Wildman–Crippen LogP) is 1.50. The molecule has 0 fully saturated rings. The first-order chi connectivity index (χ1) is 9.61. The van der Waals surface area contributed by atoms with Gasteiger partial charge in [0.25, 0.3) is 0 Å². The lowest BCUT2D eigenvalue weighted by Crippen LogP contribution is -2.09. The molecule has 6 heteroatoms. The van der Waals surface area contributed by atoms with Crippen molar-refractivity contribution in [1.82, 2.24) is 15.2 Å². The van der Waals surface area contributed by atoms with Gasteiger partial charge in [-0.1, -0.05) is 36.4 Å². The van der Waals surface area contributed by atoms with Crippen molar-refractivity contribution in [3.63, 3.8) is 0 Å². The first-order valence-corrected chi connectivity index (χ1v) is 8.17. The number of nitrogens with one attached hydrogen (secondary N) is 1. The fourth-order valence-electron chi connectivity index (χ4n) is 2.30. The Labute approximate surface area is 117 Å². The molecule has 2 aromatic rings. The van der Waals surface area contributed by atoms with Crippen molar-refractivity contribution in [3.8, 4) is 0 Å². The summed E-state index contributed by atoms with van der Waals surface area (Å²) in [5, 5.41) is 8.36. The van der Waals surface area contributed by atoms with E-state index in [0.717, 1.165) is 5.82 Å². The Morgan fingerprint density at radius 2 is 2.05 bits per heavy atom. The highest BCUT2D eigenvalue weighted by Crippen LogP contribution is 2.18. The van der Waals surface area contributed by atoms with Crippen molar-refractivity contribution in [2.75, 3.05) is 5.75 Å². The third kappa shape index (κ3) is 3.14. The lowest BCUT2D eigenvalue weighted by Gasteiger charge is -2.01. The van der Waals surface area contributed by atoms with Crippen LogP contribution in [-0.2, 0) is 22.7 Å². The number of hydrogen-bond donors (Lipinski definition) is 1. The van der Waals surface area contributed by atoms with Gasteiger partial charge < -0.3 is 0 Å². The van der Waals surface area contributed by atoms with Crippen LogP contribution in [0.2, 0.25) is 0 Å². The average molecular weight is 289 g/mol. The van der Waals surface area contributed by atoms with Crippen molar-refractivity contribution in [1.29, 1.82) is 0 Å². The summed E-state index contributed by atoms with van der Waals surface area (Å²) in [4.78, 5) is 4.42. The van der Waals surface area contributed by atoms with Gasteiger partial charge >= 0.3 is 0 Å². The van der Waals surface area contributed by atoms with Crippen LogP contribution in [0.1, 0.15) is 17.2 Å². The summed E-state index contributed by atoms with van der Waals surface area (Å²) in [6, 6.07) is 10.0. The molecule has 1 aliphatic heterocycles. The molecule has 104 valence electrons. The Kier molecular flexibility index (Phi) is 3.40. The van der Waals surface area contributed by atoms with E-state index >= 15 is 0 Å². The lowest BCUT2D eigenvalue weighted by atomic mass is 10.1. The van der Waals surface area contributed by atoms with Crippen LogP contribution in [-0.4, -0.2) is 29.4 Å². The molecule has 1 aromatic heterocycles. The van der Waals surface area contributed by atoms with Gasteiger partial charge in [0.05, 0.1) is 5.75 Å². The molecular weight excluding hydrogens is 274 g/mol. The first kappa shape index (κ1) is 13.1. The Morgan fingerprint density at radius 1 is 1.25 bits per heavy atom. The number of nitrogens with zero attached hydrogens (tertiary/aromatic N) is 2. The summed E-state index contributed by atoms with van der Waals surface area (Å²) in [7, 11) is -3.00. The molecule has 1 aromatic carbocycles. The van der Waals surface area contributed by atoms with Crippen molar-refractivity contribution in [2.24, 2.45) is 5.92 Å². The summed E-state index contributed by atoms with van der Waals surface area (Å²) in [6.45, 7) is 0. The Hall–Kier alpha value is -1.95. The zero-order chi connectivity index (χ0) is 14.0. The SMILES string of the molecule is O=S1(=O)C=CC(Cc2n[nH]c(Cc3ccccc3)n2)C1. The maximum Gasteiger partial charge on any atom is 0.171 e. The molecule has 0 saturated heterocycles. The third-order valence-electron chi connectivity index (χ3n) is 3.24. The standard InChI is InChI=1S/C14H15N3O2S/c18-20(19)7-6-12(10-20)9-14-15-13(16-17-14)8-11-4-2-1-3-5-11/h1-7,12H,8-10H2,(H,15,16,17). The minimum Gasteiger partial charge on any atom is -0.263 e. The van der Waals surface area contributed by atoms with E-state index in [2.05, 4.69) is 15.2 Å². The Balaban J connectivity index is 1.64. The topological polar surface area (TPSA) is 75.7 Å². The summed E-state index contributed by atoms with van der Waals surface area (Å²) in [5.74, 6) is 1.62. The van der Waals surface area contributed by atoms with Crippen molar-refractivity contribution in [2.45, 2.75) is 12.8 Å². The molecule has 1 atom stereocenters. The van der Waals surface area contributed by atoms with E-state index in [1.54, 1.807) is 6.08 Å². The second-order valence-corrected chi connectivity index (χ2v) is 6.91. The van der Waals surface area contributed by atoms with Crippen molar-refractivity contribution >= 4 is 9.84 Å². The van der Waals surface area contributed by atoms with Crippen molar-refractivity contribution < 1.29 is 8.42 Å². The van der Waals surface area contributed by atoms with E-state index < -0.39 is 9.84 Å². The minimum absolute atomic E-state index is 0.0135. The molecule has 0 radical (unpaired) electrons. The number of rotatable bonds is 4. The largest absolute Gasteiger partial charge is 0.263 e. The number of hydrogen-bond acceptors (Lipinski definition) is 4. The number of allylic oxidation sites excluding steroid dienone is 1. The maximum atomic E-state index is 11.3. The molecule has 0 amide bonds. The van der Waals surface area contributed by atoms with Gasteiger partial charge in [-0.15, -0.1) is 0 Å². The van der Waals surface area contributed by atoms with Crippen LogP contribution < -0.4 is 0 Å². The van der Waals surface area contributed by atoms with E-state index in [0.29, 0.717) is 18.7 Å². The van der Waals surface area contributed by atoms with Gasteiger partial charge in [-0.2, -0.15) is 5.10 Å². The highest BCUT2D eigenvalue weighted by molar-refractivity contribution is 7.94. The van der Waals surface area contributed by atoms with E-state index in [9.17, 15) is 8.42 Å². The van der Waals surface area contributed by atoms with Gasteiger partial charge in [0, 0.05) is 18.2 Å². The van der Waals surface area contributed by atoms with Crippen LogP contribution in [0.25, 0.3) is 0 Å². The van der Waals surface area contributed by atoms with Crippen LogP contribution in [0, 0.1) is 5.92 Å². The van der Waals surface area contributed by atoms with Crippen LogP contribution >= 0.6 is 0 Å².